The molecule has 0 bridgehead atoms. The van der Waals surface area contributed by atoms with Crippen molar-refractivity contribution < 1.29 is 4.74 Å². The summed E-state index contributed by atoms with van der Waals surface area (Å²) in [6.45, 7) is 0. The number of hydrogen-bond acceptors (Lipinski definition) is 3. The maximum Gasteiger partial charge on any atom is 0.188 e. The summed E-state index contributed by atoms with van der Waals surface area (Å²) < 4.78 is 5.22. The molecule has 0 radical (unpaired) electrons. The van der Waals surface area contributed by atoms with Crippen molar-refractivity contribution in [3.05, 3.63) is 24.3 Å². The van der Waals surface area contributed by atoms with Gasteiger partial charge in [-0.3, -0.25) is 0 Å². The minimum Gasteiger partial charge on any atom is -0.484 e. The van der Waals surface area contributed by atoms with Crippen LogP contribution in [0, 0.1) is 0 Å². The third kappa shape index (κ3) is 2.10. The van der Waals surface area contributed by atoms with Gasteiger partial charge in [-0.05, 0) is 24.3 Å². The molecule has 0 aliphatic carbocycles. The maximum absolute atomic E-state index is 5.22. The Morgan fingerprint density at radius 1 is 1.36 bits per heavy atom. The van der Waals surface area contributed by atoms with E-state index in [2.05, 4.69) is 17.1 Å². The van der Waals surface area contributed by atoms with E-state index in [1.807, 2.05) is 23.9 Å². The fraction of sp³-hybridized carbons (Fsp3) is 0.364. The number of aliphatic imine (C=N–C) groups is 1. The van der Waals surface area contributed by atoms with Gasteiger partial charge in [0.15, 0.2) is 5.90 Å². The molecule has 1 aliphatic rings. The number of nitrogens with zero attached hydrogens (tertiary/aromatic N) is 1. The van der Waals surface area contributed by atoms with Gasteiger partial charge in [-0.25, -0.2) is 4.99 Å². The van der Waals surface area contributed by atoms with Crippen molar-refractivity contribution in [1.82, 2.24) is 0 Å². The van der Waals surface area contributed by atoms with E-state index in [0.29, 0.717) is 0 Å². The normalized spacial score (nSPS) is 16.2. The Morgan fingerprint density at radius 3 is 3.07 bits per heavy atom. The van der Waals surface area contributed by atoms with E-state index in [4.69, 9.17) is 4.74 Å². The van der Waals surface area contributed by atoms with Crippen LogP contribution >= 0.6 is 11.8 Å². The molecule has 1 aromatic carbocycles. The molecule has 0 fully saturated rings. The van der Waals surface area contributed by atoms with Crippen LogP contribution in [0.2, 0.25) is 0 Å². The SMILES string of the molecule is COC1=Nc2ccccc2SCCC1. The predicted octanol–water partition coefficient (Wildman–Crippen LogP) is 3.25. The van der Waals surface area contributed by atoms with E-state index in [-0.39, 0.29) is 0 Å². The smallest absolute Gasteiger partial charge is 0.188 e. The van der Waals surface area contributed by atoms with Crippen molar-refractivity contribution >= 4 is 23.3 Å². The number of benzene rings is 1. The first-order valence-electron chi connectivity index (χ1n) is 4.73. The second-order valence-electron chi connectivity index (χ2n) is 3.13. The topological polar surface area (TPSA) is 21.6 Å². The molecule has 1 aliphatic heterocycles. The molecular formula is C11H13NOS. The lowest BCUT2D eigenvalue weighted by atomic mass is 10.3. The lowest BCUT2D eigenvalue weighted by molar-refractivity contribution is 0.389. The van der Waals surface area contributed by atoms with Crippen LogP contribution in [0.4, 0.5) is 5.69 Å². The molecule has 0 unspecified atom stereocenters. The first-order valence-corrected chi connectivity index (χ1v) is 5.72. The number of para-hydroxylation sites is 1. The van der Waals surface area contributed by atoms with Crippen LogP contribution in [-0.2, 0) is 4.74 Å². The molecule has 74 valence electrons. The van der Waals surface area contributed by atoms with Crippen LogP contribution in [0.25, 0.3) is 0 Å². The number of hydrogen-bond donors (Lipinski definition) is 0. The van der Waals surface area contributed by atoms with Gasteiger partial charge in [-0.2, -0.15) is 0 Å². The number of fused-ring (bicyclic) bond motifs is 1. The fourth-order valence-electron chi connectivity index (χ4n) is 1.42. The van der Waals surface area contributed by atoms with E-state index in [1.165, 1.54) is 4.90 Å². The third-order valence-electron chi connectivity index (χ3n) is 2.14. The second kappa shape index (κ2) is 4.51. The maximum atomic E-state index is 5.22. The average molecular weight is 207 g/mol. The summed E-state index contributed by atoms with van der Waals surface area (Å²) in [5, 5.41) is 0. The molecule has 0 atom stereocenters. The molecule has 3 heteroatoms. The monoisotopic (exact) mass is 207 g/mol. The molecule has 0 amide bonds. The van der Waals surface area contributed by atoms with Gasteiger partial charge in [0.25, 0.3) is 0 Å². The summed E-state index contributed by atoms with van der Waals surface area (Å²) in [7, 11) is 1.69. The van der Waals surface area contributed by atoms with Gasteiger partial charge in [0.05, 0.1) is 12.8 Å². The zero-order valence-corrected chi connectivity index (χ0v) is 9.01. The van der Waals surface area contributed by atoms with Crippen LogP contribution in [0.3, 0.4) is 0 Å². The Labute approximate surface area is 88.4 Å². The van der Waals surface area contributed by atoms with Crippen molar-refractivity contribution in [2.75, 3.05) is 12.9 Å². The summed E-state index contributed by atoms with van der Waals surface area (Å²) in [4.78, 5) is 5.74. The van der Waals surface area contributed by atoms with Gasteiger partial charge in [-0.1, -0.05) is 12.1 Å². The zero-order chi connectivity index (χ0) is 9.80. The third-order valence-corrected chi connectivity index (χ3v) is 3.29. The van der Waals surface area contributed by atoms with Gasteiger partial charge in [0.1, 0.15) is 0 Å². The predicted molar refractivity (Wildman–Crippen MR) is 60.5 cm³/mol. The first kappa shape index (κ1) is 9.59. The molecular weight excluding hydrogens is 194 g/mol. The number of thioether (sulfide) groups is 1. The van der Waals surface area contributed by atoms with Gasteiger partial charge >= 0.3 is 0 Å². The molecule has 0 spiro atoms. The molecule has 1 heterocycles. The lowest BCUT2D eigenvalue weighted by Crippen LogP contribution is -2.03. The summed E-state index contributed by atoms with van der Waals surface area (Å²) in [5.41, 5.74) is 1.04. The molecule has 0 saturated heterocycles. The van der Waals surface area contributed by atoms with Crippen LogP contribution in [0.5, 0.6) is 0 Å². The first-order chi connectivity index (χ1) is 6.90. The van der Waals surface area contributed by atoms with Crippen molar-refractivity contribution in [3.63, 3.8) is 0 Å². The van der Waals surface area contributed by atoms with E-state index >= 15 is 0 Å². The minimum atomic E-state index is 0.845. The van der Waals surface area contributed by atoms with Crippen molar-refractivity contribution in [2.45, 2.75) is 17.7 Å². The Balaban J connectivity index is 2.38. The van der Waals surface area contributed by atoms with E-state index in [9.17, 15) is 0 Å². The van der Waals surface area contributed by atoms with Crippen LogP contribution < -0.4 is 0 Å². The highest BCUT2D eigenvalue weighted by Gasteiger charge is 2.08. The number of rotatable bonds is 0. The minimum absolute atomic E-state index is 0.845. The van der Waals surface area contributed by atoms with Gasteiger partial charge in [0.2, 0.25) is 0 Å². The summed E-state index contributed by atoms with van der Waals surface area (Å²) >= 11 is 1.87. The van der Waals surface area contributed by atoms with Gasteiger partial charge in [-0.15, -0.1) is 11.8 Å². The number of ether oxygens (including phenoxy) is 1. The summed E-state index contributed by atoms with van der Waals surface area (Å²) in [5.74, 6) is 1.98. The zero-order valence-electron chi connectivity index (χ0n) is 8.19. The van der Waals surface area contributed by atoms with Crippen molar-refractivity contribution in [1.29, 1.82) is 0 Å². The largest absolute Gasteiger partial charge is 0.484 e. The van der Waals surface area contributed by atoms with E-state index in [1.54, 1.807) is 7.11 Å². The van der Waals surface area contributed by atoms with Crippen LogP contribution in [-0.4, -0.2) is 18.8 Å². The highest BCUT2D eigenvalue weighted by molar-refractivity contribution is 7.99. The Hall–Kier alpha value is -0.960. The highest BCUT2D eigenvalue weighted by atomic mass is 32.2. The van der Waals surface area contributed by atoms with Gasteiger partial charge < -0.3 is 4.74 Å². The molecule has 0 aromatic heterocycles. The van der Waals surface area contributed by atoms with Gasteiger partial charge in [0, 0.05) is 11.3 Å². The molecule has 0 N–H and O–H groups in total. The molecule has 2 rings (SSSR count). The Morgan fingerprint density at radius 2 is 2.21 bits per heavy atom. The molecule has 2 nitrogen and oxygen atoms in total. The summed E-state index contributed by atoms with van der Waals surface area (Å²) in [6, 6.07) is 8.21. The fourth-order valence-corrected chi connectivity index (χ4v) is 2.36. The second-order valence-corrected chi connectivity index (χ2v) is 4.27. The molecule has 1 aromatic rings. The van der Waals surface area contributed by atoms with E-state index in [0.717, 1.165) is 30.2 Å². The van der Waals surface area contributed by atoms with Crippen molar-refractivity contribution in [2.24, 2.45) is 4.99 Å². The molecule has 14 heavy (non-hydrogen) atoms. The lowest BCUT2D eigenvalue weighted by Gasteiger charge is -2.11. The molecule has 0 saturated carbocycles. The van der Waals surface area contributed by atoms with Crippen molar-refractivity contribution in [3.8, 4) is 0 Å². The van der Waals surface area contributed by atoms with E-state index < -0.39 is 0 Å². The highest BCUT2D eigenvalue weighted by Crippen LogP contribution is 2.32. The average Bonchev–Trinajstić information content (AvgIpc) is 2.19. The quantitative estimate of drug-likeness (QED) is 0.651. The summed E-state index contributed by atoms with van der Waals surface area (Å²) in [6.07, 6.45) is 2.07. The Kier molecular flexibility index (Phi) is 3.09. The van der Waals surface area contributed by atoms with Crippen LogP contribution in [0.15, 0.2) is 34.2 Å². The Bertz CT molecular complexity index is 349. The van der Waals surface area contributed by atoms with Crippen LogP contribution in [0.1, 0.15) is 12.8 Å². The standard InChI is InChI=1S/C11H13NOS/c1-13-11-7-4-8-14-10-6-3-2-5-9(10)12-11/h2-3,5-6H,4,7-8H2,1H3. The number of methoxy groups -OCH3 is 1.